The summed E-state index contributed by atoms with van der Waals surface area (Å²) < 4.78 is 50.8. The maximum absolute atomic E-state index is 11.9. The summed E-state index contributed by atoms with van der Waals surface area (Å²) in [6, 6.07) is 0. The Morgan fingerprint density at radius 1 is 1.30 bits per heavy atom. The van der Waals surface area contributed by atoms with E-state index in [2.05, 4.69) is 4.74 Å². The Morgan fingerprint density at radius 3 is 1.80 bits per heavy atom. The molecule has 0 unspecified atom stereocenters. The van der Waals surface area contributed by atoms with Gasteiger partial charge in [0.05, 0.1) is 0 Å². The van der Waals surface area contributed by atoms with Gasteiger partial charge in [0.2, 0.25) is 5.83 Å². The zero-order chi connectivity index (χ0) is 8.36. The van der Waals surface area contributed by atoms with Gasteiger partial charge < -0.3 is 4.74 Å². The predicted octanol–water partition coefficient (Wildman–Crippen LogP) is 2.40. The molecule has 0 aromatic heterocycles. The number of rotatable bonds is 2. The van der Waals surface area contributed by atoms with Crippen molar-refractivity contribution in [3.8, 4) is 0 Å². The maximum Gasteiger partial charge on any atom is 0.411 e. The SMILES string of the molecule is COC(F)(F)C(F)=C(C)F. The van der Waals surface area contributed by atoms with Crippen molar-refractivity contribution in [2.24, 2.45) is 0 Å². The smallest absolute Gasteiger partial charge is 0.318 e. The van der Waals surface area contributed by atoms with Gasteiger partial charge in [0.1, 0.15) is 5.83 Å². The lowest BCUT2D eigenvalue weighted by Gasteiger charge is -2.10. The molecule has 0 aliphatic rings. The Balaban J connectivity index is 4.49. The highest BCUT2D eigenvalue weighted by atomic mass is 19.3. The normalized spacial score (nSPS) is 15.0. The Bertz CT molecular complexity index is 148. The van der Waals surface area contributed by atoms with E-state index in [-0.39, 0.29) is 0 Å². The van der Waals surface area contributed by atoms with Crippen molar-refractivity contribution in [2.75, 3.05) is 7.11 Å². The molecule has 0 amide bonds. The van der Waals surface area contributed by atoms with Crippen LogP contribution in [0.1, 0.15) is 6.92 Å². The highest BCUT2D eigenvalue weighted by Gasteiger charge is 2.37. The molecule has 0 heterocycles. The summed E-state index contributed by atoms with van der Waals surface area (Å²) in [7, 11) is 0.586. The number of hydrogen-bond acceptors (Lipinski definition) is 1. The zero-order valence-corrected chi connectivity index (χ0v) is 5.42. The summed E-state index contributed by atoms with van der Waals surface area (Å²) in [4.78, 5) is 0. The maximum atomic E-state index is 11.9. The highest BCUT2D eigenvalue weighted by molar-refractivity contribution is 5.02. The minimum absolute atomic E-state index is 0.586. The van der Waals surface area contributed by atoms with Crippen LogP contribution in [0.3, 0.4) is 0 Å². The second-order valence-electron chi connectivity index (χ2n) is 1.57. The number of methoxy groups -OCH3 is 1. The van der Waals surface area contributed by atoms with Crippen LogP contribution in [0.25, 0.3) is 0 Å². The van der Waals surface area contributed by atoms with Crippen LogP contribution in [0.4, 0.5) is 17.6 Å². The van der Waals surface area contributed by atoms with Gasteiger partial charge in [0.25, 0.3) is 0 Å². The summed E-state index contributed by atoms with van der Waals surface area (Å²) in [5.41, 5.74) is 0. The average molecular weight is 158 g/mol. The van der Waals surface area contributed by atoms with Gasteiger partial charge >= 0.3 is 6.11 Å². The van der Waals surface area contributed by atoms with Gasteiger partial charge in [-0.25, -0.2) is 4.39 Å². The van der Waals surface area contributed by atoms with Crippen molar-refractivity contribution in [2.45, 2.75) is 13.0 Å². The summed E-state index contributed by atoms with van der Waals surface area (Å²) in [6.07, 6.45) is -4.14. The van der Waals surface area contributed by atoms with E-state index in [9.17, 15) is 17.6 Å². The Labute approximate surface area is 55.3 Å². The number of ether oxygens (including phenoxy) is 1. The van der Waals surface area contributed by atoms with Gasteiger partial charge in [-0.2, -0.15) is 13.2 Å². The molecule has 0 fully saturated rings. The molecule has 0 bridgehead atoms. The fourth-order valence-electron chi connectivity index (χ4n) is 0.290. The quantitative estimate of drug-likeness (QED) is 0.560. The molecule has 5 heteroatoms. The predicted molar refractivity (Wildman–Crippen MR) is 26.9 cm³/mol. The van der Waals surface area contributed by atoms with E-state index in [0.29, 0.717) is 14.0 Å². The van der Waals surface area contributed by atoms with Crippen molar-refractivity contribution in [3.05, 3.63) is 11.7 Å². The summed E-state index contributed by atoms with van der Waals surface area (Å²) >= 11 is 0. The number of allylic oxidation sites excluding steroid dienone is 1. The number of halogens is 4. The molecule has 0 aliphatic carbocycles. The Morgan fingerprint density at radius 2 is 1.70 bits per heavy atom. The van der Waals surface area contributed by atoms with E-state index >= 15 is 0 Å². The molecule has 0 saturated heterocycles. The molecule has 0 aromatic rings. The van der Waals surface area contributed by atoms with Gasteiger partial charge in [-0.3, -0.25) is 0 Å². The van der Waals surface area contributed by atoms with E-state index in [0.717, 1.165) is 0 Å². The molecule has 0 aromatic carbocycles. The standard InChI is InChI=1S/C5H6F4O/c1-3(6)4(7)5(8,9)10-2/h1-2H3. The minimum Gasteiger partial charge on any atom is -0.318 e. The first-order chi connectivity index (χ1) is 4.41. The molecule has 60 valence electrons. The van der Waals surface area contributed by atoms with E-state index in [4.69, 9.17) is 0 Å². The van der Waals surface area contributed by atoms with Crippen LogP contribution < -0.4 is 0 Å². The lowest BCUT2D eigenvalue weighted by molar-refractivity contribution is -0.204. The molecular weight excluding hydrogens is 152 g/mol. The molecule has 0 N–H and O–H groups in total. The fraction of sp³-hybridized carbons (Fsp3) is 0.600. The zero-order valence-electron chi connectivity index (χ0n) is 5.42. The Kier molecular flexibility index (Phi) is 2.83. The van der Waals surface area contributed by atoms with Gasteiger partial charge in [-0.1, -0.05) is 0 Å². The van der Waals surface area contributed by atoms with Gasteiger partial charge in [-0.15, -0.1) is 0 Å². The summed E-state index contributed by atoms with van der Waals surface area (Å²) in [6.45, 7) is 0.586. The molecule has 0 aliphatic heterocycles. The Hall–Kier alpha value is -0.580. The first-order valence-corrected chi connectivity index (χ1v) is 2.37. The monoisotopic (exact) mass is 158 g/mol. The van der Waals surface area contributed by atoms with Crippen molar-refractivity contribution in [3.63, 3.8) is 0 Å². The van der Waals surface area contributed by atoms with Gasteiger partial charge in [0, 0.05) is 7.11 Å². The van der Waals surface area contributed by atoms with Crippen LogP contribution in [-0.2, 0) is 4.74 Å². The topological polar surface area (TPSA) is 9.23 Å². The average Bonchev–Trinajstić information content (AvgIpc) is 1.86. The van der Waals surface area contributed by atoms with Crippen LogP contribution >= 0.6 is 0 Å². The lowest BCUT2D eigenvalue weighted by Crippen LogP contribution is -2.19. The molecule has 0 spiro atoms. The summed E-state index contributed by atoms with van der Waals surface area (Å²) in [5, 5.41) is 0. The fourth-order valence-corrected chi connectivity index (χ4v) is 0.290. The molecular formula is C5H6F4O. The molecule has 0 atom stereocenters. The van der Waals surface area contributed by atoms with Crippen LogP contribution in [0.2, 0.25) is 0 Å². The number of hydrogen-bond donors (Lipinski definition) is 0. The summed E-state index contributed by atoms with van der Waals surface area (Å²) in [5.74, 6) is -3.76. The molecule has 0 radical (unpaired) electrons. The van der Waals surface area contributed by atoms with Crippen molar-refractivity contribution in [1.82, 2.24) is 0 Å². The van der Waals surface area contributed by atoms with Crippen molar-refractivity contribution >= 4 is 0 Å². The number of alkyl halides is 2. The van der Waals surface area contributed by atoms with E-state index in [1.54, 1.807) is 0 Å². The second-order valence-corrected chi connectivity index (χ2v) is 1.57. The second kappa shape index (κ2) is 3.01. The molecule has 10 heavy (non-hydrogen) atoms. The lowest BCUT2D eigenvalue weighted by atomic mass is 10.4. The third-order valence-corrected chi connectivity index (χ3v) is 0.814. The molecule has 0 rings (SSSR count). The van der Waals surface area contributed by atoms with Crippen molar-refractivity contribution in [1.29, 1.82) is 0 Å². The van der Waals surface area contributed by atoms with Crippen LogP contribution in [0.5, 0.6) is 0 Å². The third-order valence-electron chi connectivity index (χ3n) is 0.814. The minimum atomic E-state index is -4.14. The van der Waals surface area contributed by atoms with Crippen LogP contribution in [0.15, 0.2) is 11.7 Å². The van der Waals surface area contributed by atoms with E-state index < -0.39 is 17.8 Å². The first-order valence-electron chi connectivity index (χ1n) is 2.37. The van der Waals surface area contributed by atoms with E-state index in [1.165, 1.54) is 0 Å². The van der Waals surface area contributed by atoms with Crippen LogP contribution in [0, 0.1) is 0 Å². The van der Waals surface area contributed by atoms with Gasteiger partial charge in [-0.05, 0) is 6.92 Å². The molecule has 1 nitrogen and oxygen atoms in total. The first kappa shape index (κ1) is 9.42. The van der Waals surface area contributed by atoms with E-state index in [1.807, 2.05) is 0 Å². The third kappa shape index (κ3) is 1.98. The molecule has 0 saturated carbocycles. The highest BCUT2D eigenvalue weighted by Crippen LogP contribution is 2.28. The van der Waals surface area contributed by atoms with Crippen LogP contribution in [-0.4, -0.2) is 13.2 Å². The largest absolute Gasteiger partial charge is 0.411 e. The van der Waals surface area contributed by atoms with Crippen molar-refractivity contribution < 1.29 is 22.3 Å². The van der Waals surface area contributed by atoms with Gasteiger partial charge in [0.15, 0.2) is 0 Å².